The zero-order valence-electron chi connectivity index (χ0n) is 55.7. The van der Waals surface area contributed by atoms with Gasteiger partial charge in [-0.25, -0.2) is 0 Å². The number of nitrogens with zero attached hydrogens (tertiary/aromatic N) is 14. The molecule has 20 nitrogen and oxygen atoms in total. The Kier molecular flexibility index (Phi) is 20.9. The summed E-state index contributed by atoms with van der Waals surface area (Å²) in [5, 5.41) is 16.8. The Bertz CT molecular complexity index is 2250. The Morgan fingerprint density at radius 3 is 0.940 bits per heavy atom. The number of hydrogen-bond donors (Lipinski definition) is 2. The van der Waals surface area contributed by atoms with Gasteiger partial charge in [-0.15, -0.1) is 0 Å². The molecule has 0 saturated carbocycles. The van der Waals surface area contributed by atoms with Gasteiger partial charge in [-0.1, -0.05) is 12.8 Å². The highest BCUT2D eigenvalue weighted by Gasteiger charge is 2.52. The Morgan fingerprint density at radius 1 is 0.381 bits per heavy atom. The van der Waals surface area contributed by atoms with E-state index in [-0.39, 0.29) is 91.1 Å². The first-order chi connectivity index (χ1) is 39.1. The van der Waals surface area contributed by atoms with Gasteiger partial charge in [0.05, 0.1) is 28.4 Å². The predicted molar refractivity (Wildman–Crippen MR) is 340 cm³/mol. The molecule has 0 aromatic carbocycles. The van der Waals surface area contributed by atoms with Crippen molar-refractivity contribution in [2.45, 2.75) is 294 Å². The van der Waals surface area contributed by atoms with E-state index in [1.54, 1.807) is 28.4 Å². The minimum atomic E-state index is -0.245. The first kappa shape index (κ1) is 67.3. The molecule has 84 heavy (non-hydrogen) atoms. The van der Waals surface area contributed by atoms with Crippen LogP contribution >= 0.6 is 23.2 Å². The fourth-order valence-corrected chi connectivity index (χ4v) is 17.9. The summed E-state index contributed by atoms with van der Waals surface area (Å²) in [4.78, 5) is 65.0. The summed E-state index contributed by atoms with van der Waals surface area (Å²) >= 11 is 14.4. The molecule has 6 aliphatic heterocycles. The van der Waals surface area contributed by atoms with E-state index in [9.17, 15) is 0 Å². The fraction of sp³-hybridized carbons (Fsp3) is 0.903. The van der Waals surface area contributed by atoms with Crippen molar-refractivity contribution in [3.05, 3.63) is 10.6 Å². The van der Waals surface area contributed by atoms with Crippen LogP contribution in [0.3, 0.4) is 0 Å². The largest absolute Gasteiger partial charge is 0.338 e. The molecular weight excluding hydrogens is 1100 g/mol. The van der Waals surface area contributed by atoms with Crippen LogP contribution in [-0.2, 0) is 19.4 Å². The molecule has 0 unspecified atom stereocenters. The van der Waals surface area contributed by atoms with Crippen LogP contribution in [0.15, 0.2) is 0 Å². The molecule has 6 fully saturated rings. The molecule has 8 heterocycles. The van der Waals surface area contributed by atoms with Crippen LogP contribution in [-0.4, -0.2) is 198 Å². The number of rotatable bonds is 21. The van der Waals surface area contributed by atoms with E-state index in [4.69, 9.17) is 72.5 Å². The summed E-state index contributed by atoms with van der Waals surface area (Å²) in [6.45, 7) is 41.8. The van der Waals surface area contributed by atoms with Gasteiger partial charge >= 0.3 is 0 Å². The summed E-state index contributed by atoms with van der Waals surface area (Å²) < 4.78 is 0. The van der Waals surface area contributed by atoms with Crippen LogP contribution in [0.1, 0.15) is 214 Å². The monoisotopic (exact) mass is 1210 g/mol. The van der Waals surface area contributed by atoms with Gasteiger partial charge in [0.15, 0.2) is 0 Å². The molecule has 8 rings (SSSR count). The third kappa shape index (κ3) is 16.0. The maximum Gasteiger partial charge on any atom is 0.231 e. The van der Waals surface area contributed by atoms with E-state index in [1.807, 2.05) is 0 Å². The van der Waals surface area contributed by atoms with Crippen molar-refractivity contribution in [2.75, 3.05) is 87.3 Å². The molecule has 0 radical (unpaired) electrons. The summed E-state index contributed by atoms with van der Waals surface area (Å²) in [6, 6.07) is 1.000. The number of unbranched alkanes of at least 4 members (excludes halogenated alkanes) is 3. The minimum absolute atomic E-state index is 0.107. The van der Waals surface area contributed by atoms with Crippen LogP contribution in [0.2, 0.25) is 10.6 Å². The first-order valence-electron chi connectivity index (χ1n) is 31.9. The lowest BCUT2D eigenvalue weighted by atomic mass is 9.77. The smallest absolute Gasteiger partial charge is 0.231 e. The molecule has 22 heteroatoms. The number of halogens is 2. The molecule has 0 bridgehead atoms. The first-order valence-corrected chi connectivity index (χ1v) is 32.6. The number of piperidine rings is 6. The van der Waals surface area contributed by atoms with E-state index in [0.717, 1.165) is 142 Å². The molecule has 478 valence electrons. The molecule has 2 aromatic heterocycles. The van der Waals surface area contributed by atoms with Gasteiger partial charge in [-0.3, -0.25) is 0 Å². The van der Waals surface area contributed by atoms with Crippen LogP contribution < -0.4 is 30.2 Å². The molecular formula is C62H112Cl2N16O4. The lowest BCUT2D eigenvalue weighted by molar-refractivity contribution is -0.266. The lowest BCUT2D eigenvalue weighted by Crippen LogP contribution is -2.65. The van der Waals surface area contributed by atoms with Gasteiger partial charge in [0.25, 0.3) is 0 Å². The summed E-state index contributed by atoms with van der Waals surface area (Å²) in [5.41, 5.74) is -1.41. The number of anilines is 4. The second-order valence-electron chi connectivity index (χ2n) is 30.9. The lowest BCUT2D eigenvalue weighted by Gasteiger charge is -2.56. The van der Waals surface area contributed by atoms with Crippen molar-refractivity contribution in [1.82, 2.24) is 60.8 Å². The number of hydrogen-bond acceptors (Lipinski definition) is 20. The van der Waals surface area contributed by atoms with Crippen molar-refractivity contribution >= 4 is 47.0 Å². The van der Waals surface area contributed by atoms with E-state index in [1.165, 1.54) is 0 Å². The van der Waals surface area contributed by atoms with Gasteiger partial charge in [-0.2, -0.15) is 50.2 Å². The van der Waals surface area contributed by atoms with Crippen molar-refractivity contribution in [3.8, 4) is 0 Å². The zero-order chi connectivity index (χ0) is 61.6. The topological polar surface area (TPSA) is 164 Å². The minimum Gasteiger partial charge on any atom is -0.338 e. The van der Waals surface area contributed by atoms with Crippen LogP contribution in [0.5, 0.6) is 0 Å². The predicted octanol–water partition coefficient (Wildman–Crippen LogP) is 10.7. The van der Waals surface area contributed by atoms with Crippen molar-refractivity contribution in [2.24, 2.45) is 0 Å². The van der Waals surface area contributed by atoms with E-state index >= 15 is 0 Å². The van der Waals surface area contributed by atoms with Crippen molar-refractivity contribution in [3.63, 3.8) is 0 Å². The van der Waals surface area contributed by atoms with Gasteiger partial charge < -0.3 is 49.6 Å². The molecule has 6 aliphatic rings. The molecule has 0 spiro atoms. The van der Waals surface area contributed by atoms with Gasteiger partial charge in [0.1, 0.15) is 0 Å². The Hall–Kier alpha value is -2.60. The van der Waals surface area contributed by atoms with Gasteiger partial charge in [0, 0.05) is 120 Å². The third-order valence-corrected chi connectivity index (χ3v) is 19.7. The van der Waals surface area contributed by atoms with E-state index in [2.05, 4.69) is 161 Å². The maximum atomic E-state index is 7.18. The van der Waals surface area contributed by atoms with Crippen LogP contribution in [0.4, 0.5) is 23.8 Å². The second-order valence-corrected chi connectivity index (χ2v) is 31.6. The Balaban J connectivity index is 1.08. The van der Waals surface area contributed by atoms with E-state index in [0.29, 0.717) is 23.8 Å². The SMILES string of the molecule is CON1CCC(N(c2nc(Cl)nc(N(CCCCCCN(c3nc(Cl)nc(N(C4CCN(OC)CC4)C4CC(C)(C)N(OC)C(C)(C)C4)n3)C3CC(C)(C)NC(C)(C)C3)C3CC(C)(C)NC(C)(C)C3)n2)C2CC(C)(C)N(OC)C(C)(C)C2)CC1. The molecule has 0 atom stereocenters. The van der Waals surface area contributed by atoms with Crippen molar-refractivity contribution in [1.29, 1.82) is 0 Å². The van der Waals surface area contributed by atoms with Crippen LogP contribution in [0.25, 0.3) is 0 Å². The number of nitrogens with one attached hydrogen (secondary N) is 2. The summed E-state index contributed by atoms with van der Waals surface area (Å²) in [5.74, 6) is 2.65. The fourth-order valence-electron chi connectivity index (χ4n) is 17.6. The average Bonchev–Trinajstić information content (AvgIpc) is 1.03. The number of aromatic nitrogens is 6. The highest BCUT2D eigenvalue weighted by Crippen LogP contribution is 2.46. The normalized spacial score (nSPS) is 25.6. The van der Waals surface area contributed by atoms with Crippen LogP contribution in [0, 0.1) is 0 Å². The molecule has 0 aliphatic carbocycles. The average molecular weight is 1220 g/mol. The molecule has 0 amide bonds. The molecule has 2 N–H and O–H groups in total. The second kappa shape index (κ2) is 26.1. The molecule has 2 aromatic rings. The summed E-state index contributed by atoms with van der Waals surface area (Å²) in [6.07, 6.45) is 14.9. The molecule has 6 saturated heterocycles. The highest BCUT2D eigenvalue weighted by molar-refractivity contribution is 6.28. The maximum absolute atomic E-state index is 7.18. The standard InChI is InChI=1S/C62H112Cl2N16O4/c1-55(2)35-45(36-56(3,4)71-55)75(51-65-49(63)67-53(69-51)77(43-25-31-73(81-17)32-26-43)47-39-59(9,10)79(83-19)60(11,12)40-47)29-23-21-22-24-30-76(46-37-57(5,6)72-58(7,8)38-46)52-66-50(64)68-54(70-52)78(44-27-33-74(82-18)34-28-44)48-41-61(13,14)80(84-20)62(15,16)42-48/h43-48,71-72H,21-42H2,1-20H3. The number of hydroxylamine groups is 8. The summed E-state index contributed by atoms with van der Waals surface area (Å²) in [7, 11) is 7.13. The van der Waals surface area contributed by atoms with E-state index < -0.39 is 0 Å². The Morgan fingerprint density at radius 2 is 0.667 bits per heavy atom. The van der Waals surface area contributed by atoms with Gasteiger partial charge in [0.2, 0.25) is 34.4 Å². The zero-order valence-corrected chi connectivity index (χ0v) is 57.2. The van der Waals surface area contributed by atoms with Gasteiger partial charge in [-0.05, 0) is 224 Å². The third-order valence-electron chi connectivity index (χ3n) is 19.4. The van der Waals surface area contributed by atoms with Crippen molar-refractivity contribution < 1.29 is 19.4 Å². The quantitative estimate of drug-likeness (QED) is 0.113. The Labute approximate surface area is 516 Å². The highest BCUT2D eigenvalue weighted by atomic mass is 35.5.